The van der Waals surface area contributed by atoms with E-state index in [9.17, 15) is 9.59 Å². The van der Waals surface area contributed by atoms with Crippen molar-refractivity contribution in [1.29, 1.82) is 0 Å². The van der Waals surface area contributed by atoms with Crippen LogP contribution >= 0.6 is 0 Å². The zero-order chi connectivity index (χ0) is 11.4. The number of nitrogens with two attached hydrogens (primary N) is 1. The second-order valence-corrected chi connectivity index (χ2v) is 2.96. The number of carbonyl (C=O) groups excluding carboxylic acids is 2. The van der Waals surface area contributed by atoms with E-state index < -0.39 is 5.91 Å². The van der Waals surface area contributed by atoms with E-state index in [1.54, 1.807) is 7.05 Å². The molecule has 0 radical (unpaired) electrons. The summed E-state index contributed by atoms with van der Waals surface area (Å²) < 4.78 is 1.43. The van der Waals surface area contributed by atoms with Gasteiger partial charge < -0.3 is 16.4 Å². The van der Waals surface area contributed by atoms with Crippen molar-refractivity contribution < 1.29 is 9.59 Å². The number of nitrogens with zero attached hydrogens (tertiary/aromatic N) is 2. The second-order valence-electron chi connectivity index (χ2n) is 2.96. The second kappa shape index (κ2) is 4.45. The highest BCUT2D eigenvalue weighted by Gasteiger charge is 2.14. The smallest absolute Gasteiger partial charge is 0.274 e. The number of hydrogen-bond donors (Lipinski definition) is 3. The third kappa shape index (κ3) is 2.70. The predicted molar refractivity (Wildman–Crippen MR) is 54.0 cm³/mol. The Labute approximate surface area is 86.6 Å². The SMILES string of the molecule is CNC(=O)CNC(=O)c1nn(C)cc1N. The molecule has 1 heterocycles. The Morgan fingerprint density at radius 3 is 2.73 bits per heavy atom. The fraction of sp³-hybridized carbons (Fsp3) is 0.375. The standard InChI is InChI=1S/C8H13N5O2/c1-10-6(14)3-11-8(15)7-5(9)4-13(2)12-7/h4H,3,9H2,1-2H3,(H,10,14)(H,11,15). The lowest BCUT2D eigenvalue weighted by molar-refractivity contribution is -0.119. The van der Waals surface area contributed by atoms with E-state index >= 15 is 0 Å². The van der Waals surface area contributed by atoms with Gasteiger partial charge in [-0.15, -0.1) is 0 Å². The van der Waals surface area contributed by atoms with Crippen LogP contribution in [-0.4, -0.2) is 35.2 Å². The maximum atomic E-state index is 11.5. The fourth-order valence-corrected chi connectivity index (χ4v) is 1.02. The number of hydrogen-bond acceptors (Lipinski definition) is 4. The van der Waals surface area contributed by atoms with Crippen LogP contribution < -0.4 is 16.4 Å². The summed E-state index contributed by atoms with van der Waals surface area (Å²) in [4.78, 5) is 22.3. The Bertz CT molecular complexity index is 384. The molecule has 1 aromatic rings. The van der Waals surface area contributed by atoms with Gasteiger partial charge in [-0.1, -0.05) is 0 Å². The number of anilines is 1. The molecule has 0 bridgehead atoms. The number of aryl methyl sites for hydroxylation is 1. The van der Waals surface area contributed by atoms with Gasteiger partial charge in [-0.3, -0.25) is 14.3 Å². The third-order valence-corrected chi connectivity index (χ3v) is 1.76. The van der Waals surface area contributed by atoms with Crippen molar-refractivity contribution in [2.24, 2.45) is 7.05 Å². The van der Waals surface area contributed by atoms with E-state index in [0.717, 1.165) is 0 Å². The van der Waals surface area contributed by atoms with E-state index in [4.69, 9.17) is 5.73 Å². The molecular formula is C8H13N5O2. The van der Waals surface area contributed by atoms with Crippen molar-refractivity contribution >= 4 is 17.5 Å². The van der Waals surface area contributed by atoms with Gasteiger partial charge >= 0.3 is 0 Å². The first-order valence-electron chi connectivity index (χ1n) is 4.32. The Hall–Kier alpha value is -2.05. The number of amides is 2. The Balaban J connectivity index is 2.61. The van der Waals surface area contributed by atoms with Crippen LogP contribution in [0.4, 0.5) is 5.69 Å². The minimum Gasteiger partial charge on any atom is -0.396 e. The Morgan fingerprint density at radius 2 is 2.27 bits per heavy atom. The van der Waals surface area contributed by atoms with Crippen molar-refractivity contribution in [3.8, 4) is 0 Å². The molecule has 82 valence electrons. The number of rotatable bonds is 3. The van der Waals surface area contributed by atoms with Gasteiger partial charge in [0.25, 0.3) is 5.91 Å². The largest absolute Gasteiger partial charge is 0.396 e. The predicted octanol–water partition coefficient (Wildman–Crippen LogP) is -1.52. The van der Waals surface area contributed by atoms with Crippen molar-refractivity contribution in [3.05, 3.63) is 11.9 Å². The molecule has 0 unspecified atom stereocenters. The van der Waals surface area contributed by atoms with Gasteiger partial charge in [-0.2, -0.15) is 5.10 Å². The van der Waals surface area contributed by atoms with Crippen LogP contribution in [0, 0.1) is 0 Å². The van der Waals surface area contributed by atoms with E-state index in [1.165, 1.54) is 17.9 Å². The topological polar surface area (TPSA) is 102 Å². The van der Waals surface area contributed by atoms with Gasteiger partial charge in [0.15, 0.2) is 5.69 Å². The minimum absolute atomic E-state index is 0.0919. The minimum atomic E-state index is -0.461. The summed E-state index contributed by atoms with van der Waals surface area (Å²) in [7, 11) is 3.15. The number of likely N-dealkylation sites (N-methyl/N-ethyl adjacent to an activating group) is 1. The summed E-state index contributed by atoms with van der Waals surface area (Å²) in [6.07, 6.45) is 1.52. The Kier molecular flexibility index (Phi) is 3.27. The normalized spacial score (nSPS) is 9.73. The van der Waals surface area contributed by atoms with Crippen LogP contribution in [0.5, 0.6) is 0 Å². The van der Waals surface area contributed by atoms with E-state index in [-0.39, 0.29) is 23.8 Å². The lowest BCUT2D eigenvalue weighted by atomic mass is 10.3. The molecule has 0 saturated carbocycles. The molecule has 0 spiro atoms. The van der Waals surface area contributed by atoms with Crippen molar-refractivity contribution in [2.75, 3.05) is 19.3 Å². The van der Waals surface area contributed by atoms with Crippen molar-refractivity contribution in [3.63, 3.8) is 0 Å². The molecule has 7 heteroatoms. The molecule has 15 heavy (non-hydrogen) atoms. The van der Waals surface area contributed by atoms with Gasteiger partial charge in [0.05, 0.1) is 12.2 Å². The van der Waals surface area contributed by atoms with Crippen LogP contribution in [0.2, 0.25) is 0 Å². The molecular weight excluding hydrogens is 198 g/mol. The molecule has 0 aliphatic rings. The van der Waals surface area contributed by atoms with Crippen molar-refractivity contribution in [1.82, 2.24) is 20.4 Å². The van der Waals surface area contributed by atoms with Crippen LogP contribution in [0.3, 0.4) is 0 Å². The average Bonchev–Trinajstić information content (AvgIpc) is 2.53. The van der Waals surface area contributed by atoms with E-state index in [2.05, 4.69) is 15.7 Å². The Morgan fingerprint density at radius 1 is 1.60 bits per heavy atom. The molecule has 1 aromatic heterocycles. The summed E-state index contributed by atoms with van der Waals surface area (Å²) in [6, 6.07) is 0. The van der Waals surface area contributed by atoms with Crippen LogP contribution in [0.15, 0.2) is 6.20 Å². The average molecular weight is 211 g/mol. The fourth-order valence-electron chi connectivity index (χ4n) is 1.02. The quantitative estimate of drug-likeness (QED) is 0.565. The maximum Gasteiger partial charge on any atom is 0.274 e. The first-order valence-corrected chi connectivity index (χ1v) is 4.32. The van der Waals surface area contributed by atoms with Gasteiger partial charge in [0, 0.05) is 20.3 Å². The van der Waals surface area contributed by atoms with E-state index in [0.29, 0.717) is 0 Å². The molecule has 0 saturated heterocycles. The molecule has 0 fully saturated rings. The summed E-state index contributed by atoms with van der Waals surface area (Å²) >= 11 is 0. The van der Waals surface area contributed by atoms with E-state index in [1.807, 2.05) is 0 Å². The highest BCUT2D eigenvalue weighted by atomic mass is 16.2. The number of nitrogens with one attached hydrogen (secondary N) is 2. The lowest BCUT2D eigenvalue weighted by Gasteiger charge is -2.01. The lowest BCUT2D eigenvalue weighted by Crippen LogP contribution is -2.35. The monoisotopic (exact) mass is 211 g/mol. The first kappa shape index (κ1) is 11.0. The highest BCUT2D eigenvalue weighted by molar-refractivity contribution is 5.98. The van der Waals surface area contributed by atoms with Crippen LogP contribution in [0.1, 0.15) is 10.5 Å². The molecule has 1 rings (SSSR count). The highest BCUT2D eigenvalue weighted by Crippen LogP contribution is 2.06. The van der Waals surface area contributed by atoms with Crippen LogP contribution in [-0.2, 0) is 11.8 Å². The zero-order valence-electron chi connectivity index (χ0n) is 8.57. The molecule has 0 aliphatic carbocycles. The molecule has 0 aliphatic heterocycles. The maximum absolute atomic E-state index is 11.5. The van der Waals surface area contributed by atoms with Gasteiger partial charge in [-0.25, -0.2) is 0 Å². The number of nitrogen functional groups attached to an aromatic ring is 1. The summed E-state index contributed by atoms with van der Waals surface area (Å²) in [5, 5.41) is 8.64. The molecule has 2 amide bonds. The van der Waals surface area contributed by atoms with Crippen LogP contribution in [0.25, 0.3) is 0 Å². The summed E-state index contributed by atoms with van der Waals surface area (Å²) in [5.41, 5.74) is 5.95. The van der Waals surface area contributed by atoms with Gasteiger partial charge in [-0.05, 0) is 0 Å². The van der Waals surface area contributed by atoms with Gasteiger partial charge in [0.2, 0.25) is 5.91 Å². The summed E-state index contributed by atoms with van der Waals surface area (Å²) in [6.45, 7) is -0.0919. The molecule has 4 N–H and O–H groups in total. The van der Waals surface area contributed by atoms with Gasteiger partial charge in [0.1, 0.15) is 0 Å². The number of carbonyl (C=O) groups is 2. The zero-order valence-corrected chi connectivity index (χ0v) is 8.57. The first-order chi connectivity index (χ1) is 7.04. The summed E-state index contributed by atoms with van der Waals surface area (Å²) in [5.74, 6) is -0.741. The number of aromatic nitrogens is 2. The molecule has 0 atom stereocenters. The molecule has 7 nitrogen and oxygen atoms in total. The van der Waals surface area contributed by atoms with Crippen molar-refractivity contribution in [2.45, 2.75) is 0 Å². The molecule has 0 aromatic carbocycles. The third-order valence-electron chi connectivity index (χ3n) is 1.76.